The molecule has 4 amide bonds. The van der Waals surface area contributed by atoms with E-state index >= 15 is 0 Å². The van der Waals surface area contributed by atoms with Gasteiger partial charge < -0.3 is 34.5 Å². The zero-order chi connectivity index (χ0) is 42.2. The Morgan fingerprint density at radius 3 is 2.58 bits per heavy atom. The zero-order valence-corrected chi connectivity index (χ0v) is 35.0. The van der Waals surface area contributed by atoms with Crippen LogP contribution in [-0.2, 0) is 33.9 Å². The van der Waals surface area contributed by atoms with Crippen molar-refractivity contribution in [1.29, 1.82) is 0 Å². The van der Waals surface area contributed by atoms with E-state index in [9.17, 15) is 32.0 Å². The maximum absolute atomic E-state index is 15.0. The molecule has 2 aliphatic carbocycles. The van der Waals surface area contributed by atoms with Gasteiger partial charge in [0.15, 0.2) is 0 Å². The van der Waals surface area contributed by atoms with Crippen LogP contribution in [0.1, 0.15) is 78.6 Å². The Kier molecular flexibility index (Phi) is 12.2. The lowest BCUT2D eigenvalue weighted by Gasteiger charge is -2.34. The third-order valence-electron chi connectivity index (χ3n) is 12.9. The van der Waals surface area contributed by atoms with E-state index < -0.39 is 80.4 Å². The number of ether oxygens (including phenoxy) is 4. The van der Waals surface area contributed by atoms with Crippen LogP contribution >= 0.6 is 0 Å². The molecule has 15 nitrogen and oxygen atoms in total. The van der Waals surface area contributed by atoms with Crippen molar-refractivity contribution in [3.63, 3.8) is 0 Å². The molecular formula is C42H56FN5O10S. The molecule has 17 heteroatoms. The fourth-order valence-corrected chi connectivity index (χ4v) is 10.3. The molecule has 2 aromatic rings. The van der Waals surface area contributed by atoms with E-state index in [2.05, 4.69) is 27.3 Å². The van der Waals surface area contributed by atoms with E-state index in [0.717, 1.165) is 18.2 Å². The van der Waals surface area contributed by atoms with Crippen molar-refractivity contribution in [2.24, 2.45) is 23.7 Å². The van der Waals surface area contributed by atoms with Gasteiger partial charge in [-0.2, -0.15) is 0 Å². The van der Waals surface area contributed by atoms with Crippen LogP contribution in [0.2, 0.25) is 0 Å². The molecule has 0 spiro atoms. The number of hydrogen-bond donors (Lipinski definition) is 3. The Balaban J connectivity index is 1.19. The SMILES string of the molecule is COc1cnc(OC2CC3C(=O)NC4(C(=O)NS(=O)(=O)C5(CF)CC5)CC4C=CCCC(C)CC(C)C(CNC(=O)OC4(C)CCCOC4)C(=O)N3C2)c2ccccc12. The molecule has 1 aromatic carbocycles. The number of rotatable bonds is 10. The van der Waals surface area contributed by atoms with Crippen molar-refractivity contribution < 1.29 is 50.9 Å². The number of amides is 4. The molecule has 0 bridgehead atoms. The van der Waals surface area contributed by atoms with Crippen LogP contribution < -0.4 is 24.8 Å². The number of sulfonamides is 1. The number of nitrogens with one attached hydrogen (secondary N) is 3. The number of nitrogens with zero attached hydrogens (tertiary/aromatic N) is 2. The number of alkyl halides is 1. The lowest BCUT2D eigenvalue weighted by atomic mass is 9.83. The number of fused-ring (bicyclic) bond motifs is 3. The van der Waals surface area contributed by atoms with E-state index in [1.807, 2.05) is 50.3 Å². The summed E-state index contributed by atoms with van der Waals surface area (Å²) >= 11 is 0. The highest BCUT2D eigenvalue weighted by molar-refractivity contribution is 7.91. The molecule has 7 rings (SSSR count). The van der Waals surface area contributed by atoms with E-state index in [1.54, 1.807) is 13.3 Å². The molecule has 3 N–H and O–H groups in total. The average molecular weight is 842 g/mol. The first kappa shape index (κ1) is 42.6. The van der Waals surface area contributed by atoms with Crippen LogP contribution in [0.3, 0.4) is 0 Å². The average Bonchev–Trinajstić information content (AvgIpc) is 4.11. The van der Waals surface area contributed by atoms with Crippen molar-refractivity contribution in [2.75, 3.05) is 40.1 Å². The second-order valence-corrected chi connectivity index (χ2v) is 19.6. The van der Waals surface area contributed by atoms with Gasteiger partial charge in [-0.3, -0.25) is 19.1 Å². The van der Waals surface area contributed by atoms with Gasteiger partial charge in [-0.1, -0.05) is 44.2 Å². The molecule has 5 aliphatic rings. The Labute approximate surface area is 344 Å². The lowest BCUT2D eigenvalue weighted by Crippen LogP contribution is -2.58. The first-order valence-corrected chi connectivity index (χ1v) is 22.2. The molecule has 8 unspecified atom stereocenters. The number of hydrogen-bond acceptors (Lipinski definition) is 11. The summed E-state index contributed by atoms with van der Waals surface area (Å²) in [6.07, 6.45) is 7.63. The number of aromatic nitrogens is 1. The van der Waals surface area contributed by atoms with E-state index in [4.69, 9.17) is 18.9 Å². The highest BCUT2D eigenvalue weighted by Crippen LogP contribution is 2.48. The number of benzene rings is 1. The Hall–Kier alpha value is -4.51. The summed E-state index contributed by atoms with van der Waals surface area (Å²) in [4.78, 5) is 62.7. The largest absolute Gasteiger partial charge is 0.494 e. The smallest absolute Gasteiger partial charge is 0.407 e. The van der Waals surface area contributed by atoms with Crippen molar-refractivity contribution in [3.8, 4) is 11.6 Å². The lowest BCUT2D eigenvalue weighted by molar-refractivity contribution is -0.143. The van der Waals surface area contributed by atoms with Gasteiger partial charge in [0.25, 0.3) is 5.91 Å². The first-order chi connectivity index (χ1) is 28.1. The van der Waals surface area contributed by atoms with E-state index in [1.165, 1.54) is 4.90 Å². The third-order valence-corrected chi connectivity index (χ3v) is 15.0. The normalized spacial score (nSPS) is 32.1. The number of pyridine rings is 1. The van der Waals surface area contributed by atoms with Crippen molar-refractivity contribution >= 4 is 44.6 Å². The molecule has 59 heavy (non-hydrogen) atoms. The Morgan fingerprint density at radius 1 is 1.12 bits per heavy atom. The van der Waals surface area contributed by atoms with Gasteiger partial charge in [0.2, 0.25) is 27.7 Å². The number of halogens is 1. The molecule has 1 aromatic heterocycles. The quantitative estimate of drug-likeness (QED) is 0.289. The van der Waals surface area contributed by atoms with Gasteiger partial charge in [-0.05, 0) is 76.2 Å². The molecule has 8 atom stereocenters. The Morgan fingerprint density at radius 2 is 1.88 bits per heavy atom. The number of carbonyl (C=O) groups excluding carboxylic acids is 4. The maximum Gasteiger partial charge on any atom is 0.407 e. The highest BCUT2D eigenvalue weighted by atomic mass is 32.2. The summed E-state index contributed by atoms with van der Waals surface area (Å²) in [5.74, 6) is -2.57. The fraction of sp³-hybridized carbons (Fsp3) is 0.643. The van der Waals surface area contributed by atoms with Gasteiger partial charge >= 0.3 is 6.09 Å². The molecule has 4 heterocycles. The second-order valence-electron chi connectivity index (χ2n) is 17.5. The fourth-order valence-electron chi connectivity index (χ4n) is 8.90. The predicted molar refractivity (Wildman–Crippen MR) is 215 cm³/mol. The topological polar surface area (TPSA) is 192 Å². The molecule has 3 aliphatic heterocycles. The predicted octanol–water partition coefficient (Wildman–Crippen LogP) is 4.34. The van der Waals surface area contributed by atoms with Crippen molar-refractivity contribution in [3.05, 3.63) is 42.6 Å². The Bertz CT molecular complexity index is 2070. The van der Waals surface area contributed by atoms with Crippen LogP contribution in [0.25, 0.3) is 10.8 Å². The molecule has 2 saturated heterocycles. The molecule has 2 saturated carbocycles. The van der Waals surface area contributed by atoms with Gasteiger partial charge in [0, 0.05) is 36.3 Å². The number of allylic oxidation sites excluding steroid dienone is 1. The van der Waals surface area contributed by atoms with Crippen LogP contribution in [0.4, 0.5) is 9.18 Å². The summed E-state index contributed by atoms with van der Waals surface area (Å²) < 4.78 is 64.1. The standard InChI is InChI=1S/C42H56FN5O10S/c1-26-10-5-6-11-28-20-42(28,38(51)47-59(53,54)41(24-43)15-16-41)46-35(49)33-19-29(57-36-31-13-8-7-12-30(31)34(55-4)22-44-36)23-48(33)37(50)32(27(2)18-26)21-45-39(52)58-40(3)14-9-17-56-25-40/h6-8,11-13,22,26-29,32-33H,5,9-10,14-21,23-25H2,1-4H3,(H,45,52)(H,46,49)(H,47,51). The van der Waals surface area contributed by atoms with E-state index in [-0.39, 0.29) is 63.1 Å². The summed E-state index contributed by atoms with van der Waals surface area (Å²) in [5, 5.41) is 7.11. The molecule has 0 radical (unpaired) electrons. The van der Waals surface area contributed by atoms with Crippen molar-refractivity contribution in [2.45, 2.75) is 107 Å². The van der Waals surface area contributed by atoms with Gasteiger partial charge in [-0.25, -0.2) is 22.6 Å². The first-order valence-electron chi connectivity index (χ1n) is 20.7. The molecule has 4 fully saturated rings. The number of methoxy groups -OCH3 is 1. The van der Waals surface area contributed by atoms with Crippen LogP contribution in [0.15, 0.2) is 42.6 Å². The van der Waals surface area contributed by atoms with Gasteiger partial charge in [0.1, 0.15) is 40.5 Å². The zero-order valence-electron chi connectivity index (χ0n) is 34.2. The number of alkyl carbamates (subject to hydrolysis) is 1. The summed E-state index contributed by atoms with van der Waals surface area (Å²) in [5.41, 5.74) is -2.45. The highest BCUT2D eigenvalue weighted by Gasteiger charge is 2.64. The summed E-state index contributed by atoms with van der Waals surface area (Å²) in [6.45, 7) is 5.50. The summed E-state index contributed by atoms with van der Waals surface area (Å²) in [6, 6.07) is 6.25. The second kappa shape index (κ2) is 16.9. The van der Waals surface area contributed by atoms with E-state index in [0.29, 0.717) is 37.0 Å². The third kappa shape index (κ3) is 8.86. The van der Waals surface area contributed by atoms with Crippen LogP contribution in [-0.4, -0.2) is 110 Å². The molecular weight excluding hydrogens is 786 g/mol. The van der Waals surface area contributed by atoms with Crippen LogP contribution in [0.5, 0.6) is 11.6 Å². The minimum absolute atomic E-state index is 0.0202. The minimum atomic E-state index is -4.38. The monoisotopic (exact) mass is 841 g/mol. The molecule has 322 valence electrons. The van der Waals surface area contributed by atoms with Gasteiger partial charge in [0.05, 0.1) is 32.4 Å². The van der Waals surface area contributed by atoms with Crippen LogP contribution in [0, 0.1) is 23.7 Å². The summed E-state index contributed by atoms with van der Waals surface area (Å²) in [7, 11) is -2.84. The van der Waals surface area contributed by atoms with Crippen molar-refractivity contribution in [1.82, 2.24) is 25.2 Å². The number of carbonyl (C=O) groups is 4. The van der Waals surface area contributed by atoms with Gasteiger partial charge in [-0.15, -0.1) is 0 Å². The minimum Gasteiger partial charge on any atom is -0.494 e. The maximum atomic E-state index is 15.0.